The van der Waals surface area contributed by atoms with Gasteiger partial charge in [-0.05, 0) is 57.2 Å². The van der Waals surface area contributed by atoms with Gasteiger partial charge in [-0.2, -0.15) is 5.10 Å². The van der Waals surface area contributed by atoms with Gasteiger partial charge in [0.05, 0.1) is 5.71 Å². The van der Waals surface area contributed by atoms with E-state index in [2.05, 4.69) is 23.2 Å². The normalized spacial score (nSPS) is 20.0. The van der Waals surface area contributed by atoms with Crippen LogP contribution >= 0.6 is 0 Å². The Kier molecular flexibility index (Phi) is 4.73. The zero-order chi connectivity index (χ0) is 15.4. The van der Waals surface area contributed by atoms with Crippen LogP contribution in [0.3, 0.4) is 0 Å². The third-order valence-corrected chi connectivity index (χ3v) is 3.87. The van der Waals surface area contributed by atoms with Crippen LogP contribution in [0, 0.1) is 12.8 Å². The number of hydrogen-bond acceptors (Lipinski definition) is 2. The first-order valence-electron chi connectivity index (χ1n) is 7.23. The lowest BCUT2D eigenvalue weighted by molar-refractivity contribution is 0.0954. The van der Waals surface area contributed by atoms with Crippen LogP contribution in [0.1, 0.15) is 42.6 Å². The van der Waals surface area contributed by atoms with Crippen molar-refractivity contribution in [2.24, 2.45) is 11.0 Å². The molecule has 1 aliphatic rings. The molecular weight excluding hydrogens is 260 g/mol. The van der Waals surface area contributed by atoms with Gasteiger partial charge in [-0.15, -0.1) is 0 Å². The van der Waals surface area contributed by atoms with Crippen molar-refractivity contribution in [3.63, 3.8) is 0 Å². The maximum absolute atomic E-state index is 12.1. The van der Waals surface area contributed by atoms with Gasteiger partial charge in [0.25, 0.3) is 5.91 Å². The van der Waals surface area contributed by atoms with Crippen molar-refractivity contribution in [2.45, 2.75) is 33.6 Å². The molecule has 0 unspecified atom stereocenters. The molecular formula is C18H22N2O. The molecule has 0 radical (unpaired) electrons. The van der Waals surface area contributed by atoms with Crippen molar-refractivity contribution < 1.29 is 4.79 Å². The molecule has 1 aliphatic carbocycles. The molecule has 0 spiro atoms. The number of carbonyl (C=O) groups is 1. The van der Waals surface area contributed by atoms with Gasteiger partial charge in [-0.3, -0.25) is 4.79 Å². The quantitative estimate of drug-likeness (QED) is 0.660. The number of aryl methyl sites for hydroxylation is 1. The minimum Gasteiger partial charge on any atom is -0.267 e. The van der Waals surface area contributed by atoms with Gasteiger partial charge >= 0.3 is 0 Å². The molecule has 0 saturated carbocycles. The van der Waals surface area contributed by atoms with Crippen LogP contribution in [0.25, 0.3) is 0 Å². The molecule has 21 heavy (non-hydrogen) atoms. The van der Waals surface area contributed by atoms with Crippen molar-refractivity contribution in [1.29, 1.82) is 0 Å². The van der Waals surface area contributed by atoms with Gasteiger partial charge in [0.1, 0.15) is 0 Å². The lowest BCUT2D eigenvalue weighted by atomic mass is 9.85. The highest BCUT2D eigenvalue weighted by Gasteiger charge is 2.18. The van der Waals surface area contributed by atoms with Gasteiger partial charge in [0, 0.05) is 5.56 Å². The van der Waals surface area contributed by atoms with Crippen LogP contribution in [0.5, 0.6) is 0 Å². The maximum atomic E-state index is 12.1. The first-order valence-corrected chi connectivity index (χ1v) is 7.23. The van der Waals surface area contributed by atoms with Crippen molar-refractivity contribution >= 4 is 11.6 Å². The fraction of sp³-hybridized carbons (Fsp3) is 0.333. The Labute approximate surface area is 126 Å². The Balaban J connectivity index is 2.09. The number of nitrogens with zero attached hydrogens (tertiary/aromatic N) is 1. The summed E-state index contributed by atoms with van der Waals surface area (Å²) in [7, 11) is 0. The van der Waals surface area contributed by atoms with Gasteiger partial charge in [0.2, 0.25) is 0 Å². The van der Waals surface area contributed by atoms with E-state index < -0.39 is 0 Å². The molecule has 3 nitrogen and oxygen atoms in total. The fourth-order valence-electron chi connectivity index (χ4n) is 2.39. The first-order chi connectivity index (χ1) is 9.97. The standard InChI is InChI=1S/C18H22N2O/c1-12(2)15-9-8-14(4)17(11-15)19-20-18(21)16-7-5-6-13(3)10-16/h5-8,10,15H,1,9,11H2,2-4H3,(H,20,21)/t15-/m0/s1. The van der Waals surface area contributed by atoms with E-state index in [0.29, 0.717) is 11.5 Å². The van der Waals surface area contributed by atoms with E-state index in [0.717, 1.165) is 35.3 Å². The number of nitrogens with one attached hydrogen (secondary N) is 1. The summed E-state index contributed by atoms with van der Waals surface area (Å²) in [6.07, 6.45) is 4.01. The maximum Gasteiger partial charge on any atom is 0.271 e. The van der Waals surface area contributed by atoms with E-state index in [9.17, 15) is 4.79 Å². The number of hydrazone groups is 1. The van der Waals surface area contributed by atoms with E-state index in [1.807, 2.05) is 39.0 Å². The number of allylic oxidation sites excluding steroid dienone is 3. The Hall–Kier alpha value is -2.16. The van der Waals surface area contributed by atoms with Gasteiger partial charge in [-0.1, -0.05) is 35.9 Å². The smallest absolute Gasteiger partial charge is 0.267 e. The predicted molar refractivity (Wildman–Crippen MR) is 87.4 cm³/mol. The van der Waals surface area contributed by atoms with E-state index in [4.69, 9.17) is 0 Å². The summed E-state index contributed by atoms with van der Waals surface area (Å²) in [6.45, 7) is 10.1. The van der Waals surface area contributed by atoms with Crippen molar-refractivity contribution in [3.8, 4) is 0 Å². The highest BCUT2D eigenvalue weighted by Crippen LogP contribution is 2.26. The average molecular weight is 282 g/mol. The van der Waals surface area contributed by atoms with Gasteiger partial charge in [-0.25, -0.2) is 5.43 Å². The SMILES string of the molecule is C=C(C)[C@H]1CC=C(C)C(=NNC(=O)c2cccc(C)c2)C1. The molecule has 3 heteroatoms. The summed E-state index contributed by atoms with van der Waals surface area (Å²) >= 11 is 0. The lowest BCUT2D eigenvalue weighted by Gasteiger charge is -2.22. The fourth-order valence-corrected chi connectivity index (χ4v) is 2.39. The van der Waals surface area contributed by atoms with Crippen molar-refractivity contribution in [2.75, 3.05) is 0 Å². The average Bonchev–Trinajstić information content (AvgIpc) is 2.45. The summed E-state index contributed by atoms with van der Waals surface area (Å²) in [5.74, 6) is 0.250. The highest BCUT2D eigenvalue weighted by molar-refractivity contribution is 6.02. The molecule has 1 atom stereocenters. The molecule has 0 aromatic heterocycles. The Bertz CT molecular complexity index is 626. The highest BCUT2D eigenvalue weighted by atomic mass is 16.2. The van der Waals surface area contributed by atoms with E-state index >= 15 is 0 Å². The molecule has 0 saturated heterocycles. The summed E-state index contributed by atoms with van der Waals surface area (Å²) in [5.41, 5.74) is 7.60. The minimum atomic E-state index is -0.170. The molecule has 110 valence electrons. The number of amides is 1. The lowest BCUT2D eigenvalue weighted by Crippen LogP contribution is -2.23. The van der Waals surface area contributed by atoms with Gasteiger partial charge < -0.3 is 0 Å². The molecule has 1 aromatic carbocycles. The number of carbonyl (C=O) groups excluding carboxylic acids is 1. The monoisotopic (exact) mass is 282 g/mol. The molecule has 0 bridgehead atoms. The third-order valence-electron chi connectivity index (χ3n) is 3.87. The Morgan fingerprint density at radius 3 is 2.81 bits per heavy atom. The van der Waals surface area contributed by atoms with E-state index in [1.165, 1.54) is 0 Å². The van der Waals surface area contributed by atoms with Gasteiger partial charge in [0.15, 0.2) is 0 Å². The first kappa shape index (κ1) is 15.2. The van der Waals surface area contributed by atoms with Crippen LogP contribution in [0.4, 0.5) is 0 Å². The molecule has 0 heterocycles. The molecule has 2 rings (SSSR count). The van der Waals surface area contributed by atoms with E-state index in [1.54, 1.807) is 6.07 Å². The zero-order valence-corrected chi connectivity index (χ0v) is 12.9. The van der Waals surface area contributed by atoms with Crippen LogP contribution in [0.15, 0.2) is 53.2 Å². The molecule has 0 aliphatic heterocycles. The number of benzene rings is 1. The third kappa shape index (κ3) is 3.91. The molecule has 1 aromatic rings. The summed E-state index contributed by atoms with van der Waals surface area (Å²) in [4.78, 5) is 12.1. The summed E-state index contributed by atoms with van der Waals surface area (Å²) < 4.78 is 0. The largest absolute Gasteiger partial charge is 0.271 e. The summed E-state index contributed by atoms with van der Waals surface area (Å²) in [5, 5.41) is 4.31. The van der Waals surface area contributed by atoms with Crippen molar-refractivity contribution in [1.82, 2.24) is 5.43 Å². The Morgan fingerprint density at radius 1 is 1.38 bits per heavy atom. The number of hydrogen-bond donors (Lipinski definition) is 1. The molecule has 1 amide bonds. The zero-order valence-electron chi connectivity index (χ0n) is 12.9. The van der Waals surface area contributed by atoms with Crippen molar-refractivity contribution in [3.05, 3.63) is 59.2 Å². The predicted octanol–water partition coefficient (Wildman–Crippen LogP) is 4.01. The second-order valence-corrected chi connectivity index (χ2v) is 5.74. The second-order valence-electron chi connectivity index (χ2n) is 5.74. The van der Waals surface area contributed by atoms with Crippen LogP contribution in [-0.2, 0) is 0 Å². The second kappa shape index (κ2) is 6.53. The number of rotatable bonds is 3. The Morgan fingerprint density at radius 2 is 2.14 bits per heavy atom. The topological polar surface area (TPSA) is 41.5 Å². The van der Waals surface area contributed by atoms with Crippen LogP contribution in [0.2, 0.25) is 0 Å². The van der Waals surface area contributed by atoms with E-state index in [-0.39, 0.29) is 5.91 Å². The van der Waals surface area contributed by atoms with Crippen LogP contribution < -0.4 is 5.43 Å². The molecule has 0 fully saturated rings. The summed E-state index contributed by atoms with van der Waals surface area (Å²) in [6, 6.07) is 7.49. The van der Waals surface area contributed by atoms with Crippen LogP contribution in [-0.4, -0.2) is 11.6 Å². The molecule has 1 N–H and O–H groups in total. The minimum absolute atomic E-state index is 0.170.